The van der Waals surface area contributed by atoms with Gasteiger partial charge in [-0.05, 0) is 48.7 Å². The van der Waals surface area contributed by atoms with Gasteiger partial charge in [-0.1, -0.05) is 31.2 Å². The Labute approximate surface area is 143 Å². The van der Waals surface area contributed by atoms with Crippen molar-refractivity contribution in [1.82, 2.24) is 4.72 Å². The van der Waals surface area contributed by atoms with Gasteiger partial charge in [0.2, 0.25) is 15.9 Å². The van der Waals surface area contributed by atoms with E-state index < -0.39 is 10.0 Å². The van der Waals surface area contributed by atoms with Crippen LogP contribution in [-0.4, -0.2) is 20.9 Å². The lowest BCUT2D eigenvalue weighted by Gasteiger charge is -2.07. The fraction of sp³-hybridized carbons (Fsp3) is 0.278. The SMILES string of the molecule is CCNS(=O)(=O)c1ccc(CCC(=O)Nc2cccc(C)c2)cc1. The van der Waals surface area contributed by atoms with E-state index in [9.17, 15) is 13.2 Å². The first kappa shape index (κ1) is 18.2. The fourth-order valence-corrected chi connectivity index (χ4v) is 3.35. The summed E-state index contributed by atoms with van der Waals surface area (Å²) in [6.07, 6.45) is 0.895. The third-order valence-corrected chi connectivity index (χ3v) is 5.07. The van der Waals surface area contributed by atoms with Crippen molar-refractivity contribution in [3.8, 4) is 0 Å². The van der Waals surface area contributed by atoms with Gasteiger partial charge in [0.25, 0.3) is 0 Å². The molecule has 0 saturated carbocycles. The molecule has 0 atom stereocenters. The lowest BCUT2D eigenvalue weighted by molar-refractivity contribution is -0.116. The van der Waals surface area contributed by atoms with E-state index in [1.807, 2.05) is 31.2 Å². The van der Waals surface area contributed by atoms with E-state index in [2.05, 4.69) is 10.0 Å². The molecule has 1 amide bonds. The average molecular weight is 346 g/mol. The molecule has 24 heavy (non-hydrogen) atoms. The predicted molar refractivity (Wildman–Crippen MR) is 95.4 cm³/mol. The molecule has 128 valence electrons. The molecule has 5 nitrogen and oxygen atoms in total. The summed E-state index contributed by atoms with van der Waals surface area (Å²) in [5.74, 6) is -0.0649. The molecule has 0 aromatic heterocycles. The molecule has 0 unspecified atom stereocenters. The second kappa shape index (κ2) is 8.08. The molecule has 6 heteroatoms. The number of amides is 1. The Bertz CT molecular complexity index is 799. The molecular weight excluding hydrogens is 324 g/mol. The second-order valence-corrected chi connectivity index (χ2v) is 7.33. The zero-order valence-corrected chi connectivity index (χ0v) is 14.7. The van der Waals surface area contributed by atoms with Gasteiger partial charge in [-0.25, -0.2) is 13.1 Å². The van der Waals surface area contributed by atoms with Crippen LogP contribution in [0.3, 0.4) is 0 Å². The number of hydrogen-bond donors (Lipinski definition) is 2. The highest BCUT2D eigenvalue weighted by Crippen LogP contribution is 2.13. The van der Waals surface area contributed by atoms with Crippen LogP contribution in [0.15, 0.2) is 53.4 Å². The highest BCUT2D eigenvalue weighted by atomic mass is 32.2. The van der Waals surface area contributed by atoms with Crippen LogP contribution in [0, 0.1) is 6.92 Å². The van der Waals surface area contributed by atoms with Crippen LogP contribution in [0.5, 0.6) is 0 Å². The Hall–Kier alpha value is -2.18. The molecule has 2 aromatic rings. The minimum Gasteiger partial charge on any atom is -0.326 e. The number of sulfonamides is 1. The molecule has 2 aromatic carbocycles. The lowest BCUT2D eigenvalue weighted by atomic mass is 10.1. The standard InChI is InChI=1S/C18H22N2O3S/c1-3-19-24(22,23)17-10-7-15(8-11-17)9-12-18(21)20-16-6-4-5-14(2)13-16/h4-8,10-11,13,19H,3,9,12H2,1-2H3,(H,20,21). The summed E-state index contributed by atoms with van der Waals surface area (Å²) in [6, 6.07) is 14.2. The molecule has 2 rings (SSSR count). The average Bonchev–Trinajstić information content (AvgIpc) is 2.53. The van der Waals surface area contributed by atoms with Crippen molar-refractivity contribution in [3.63, 3.8) is 0 Å². The third kappa shape index (κ3) is 5.18. The van der Waals surface area contributed by atoms with Crippen molar-refractivity contribution in [2.45, 2.75) is 31.6 Å². The smallest absolute Gasteiger partial charge is 0.240 e. The number of rotatable bonds is 7. The van der Waals surface area contributed by atoms with Crippen LogP contribution in [-0.2, 0) is 21.2 Å². The van der Waals surface area contributed by atoms with Gasteiger partial charge in [-0.15, -0.1) is 0 Å². The first-order chi connectivity index (χ1) is 11.4. The van der Waals surface area contributed by atoms with Crippen LogP contribution in [0.25, 0.3) is 0 Å². The first-order valence-electron chi connectivity index (χ1n) is 7.86. The summed E-state index contributed by atoms with van der Waals surface area (Å²) in [6.45, 7) is 4.06. The summed E-state index contributed by atoms with van der Waals surface area (Å²) >= 11 is 0. The van der Waals surface area contributed by atoms with Crippen molar-refractivity contribution < 1.29 is 13.2 Å². The van der Waals surface area contributed by atoms with Crippen LogP contribution in [0.2, 0.25) is 0 Å². The van der Waals surface area contributed by atoms with Crippen LogP contribution in [0.1, 0.15) is 24.5 Å². The molecule has 0 bridgehead atoms. The Morgan fingerprint density at radius 2 is 1.79 bits per heavy atom. The largest absolute Gasteiger partial charge is 0.326 e. The van der Waals surface area contributed by atoms with Crippen molar-refractivity contribution in [2.24, 2.45) is 0 Å². The number of aryl methyl sites for hydroxylation is 2. The van der Waals surface area contributed by atoms with Gasteiger partial charge in [0.05, 0.1) is 4.90 Å². The summed E-state index contributed by atoms with van der Waals surface area (Å²) in [5, 5.41) is 2.86. The Balaban J connectivity index is 1.91. The zero-order chi connectivity index (χ0) is 17.6. The summed E-state index contributed by atoms with van der Waals surface area (Å²) in [7, 11) is -3.43. The van der Waals surface area contributed by atoms with E-state index >= 15 is 0 Å². The minimum atomic E-state index is -3.43. The zero-order valence-electron chi connectivity index (χ0n) is 13.9. The van der Waals surface area contributed by atoms with Crippen molar-refractivity contribution in [2.75, 3.05) is 11.9 Å². The van der Waals surface area contributed by atoms with Gasteiger partial charge in [0.15, 0.2) is 0 Å². The van der Waals surface area contributed by atoms with Crippen LogP contribution in [0.4, 0.5) is 5.69 Å². The van der Waals surface area contributed by atoms with E-state index in [1.165, 1.54) is 0 Å². The van der Waals surface area contributed by atoms with Crippen molar-refractivity contribution in [3.05, 3.63) is 59.7 Å². The molecule has 0 saturated heterocycles. The number of carbonyl (C=O) groups is 1. The van der Waals surface area contributed by atoms with Crippen molar-refractivity contribution >= 4 is 21.6 Å². The number of hydrogen-bond acceptors (Lipinski definition) is 3. The van der Waals surface area contributed by atoms with Gasteiger partial charge in [0, 0.05) is 18.7 Å². The summed E-state index contributed by atoms with van der Waals surface area (Å²) in [4.78, 5) is 12.2. The van der Waals surface area contributed by atoms with Crippen LogP contribution >= 0.6 is 0 Å². The lowest BCUT2D eigenvalue weighted by Crippen LogP contribution is -2.23. The molecule has 0 aliphatic heterocycles. The highest BCUT2D eigenvalue weighted by molar-refractivity contribution is 7.89. The molecule has 0 aliphatic rings. The van der Waals surface area contributed by atoms with E-state index in [-0.39, 0.29) is 10.8 Å². The molecule has 0 heterocycles. The monoisotopic (exact) mass is 346 g/mol. The molecule has 2 N–H and O–H groups in total. The summed E-state index contributed by atoms with van der Waals surface area (Å²) < 4.78 is 26.2. The molecule has 0 fully saturated rings. The van der Waals surface area contributed by atoms with Gasteiger partial charge in [-0.2, -0.15) is 0 Å². The maximum absolute atomic E-state index is 12.0. The molecule has 0 aliphatic carbocycles. The Kier molecular flexibility index (Phi) is 6.11. The number of nitrogens with one attached hydrogen (secondary N) is 2. The second-order valence-electron chi connectivity index (χ2n) is 5.56. The van der Waals surface area contributed by atoms with E-state index in [0.29, 0.717) is 19.4 Å². The summed E-state index contributed by atoms with van der Waals surface area (Å²) in [5.41, 5.74) is 2.79. The third-order valence-electron chi connectivity index (χ3n) is 3.51. The maximum atomic E-state index is 12.0. The molecule has 0 radical (unpaired) electrons. The van der Waals surface area contributed by atoms with Gasteiger partial charge in [-0.3, -0.25) is 4.79 Å². The Morgan fingerprint density at radius 1 is 1.08 bits per heavy atom. The van der Waals surface area contributed by atoms with E-state index in [1.54, 1.807) is 31.2 Å². The Morgan fingerprint density at radius 3 is 2.42 bits per heavy atom. The topological polar surface area (TPSA) is 75.3 Å². The quantitative estimate of drug-likeness (QED) is 0.809. The van der Waals surface area contributed by atoms with Gasteiger partial charge < -0.3 is 5.32 Å². The highest BCUT2D eigenvalue weighted by Gasteiger charge is 2.12. The molecular formula is C18H22N2O3S. The van der Waals surface area contributed by atoms with E-state index in [4.69, 9.17) is 0 Å². The van der Waals surface area contributed by atoms with Gasteiger partial charge in [0.1, 0.15) is 0 Å². The number of anilines is 1. The van der Waals surface area contributed by atoms with Gasteiger partial charge >= 0.3 is 0 Å². The fourth-order valence-electron chi connectivity index (χ4n) is 2.31. The first-order valence-corrected chi connectivity index (χ1v) is 9.34. The minimum absolute atomic E-state index is 0.0649. The molecule has 0 spiro atoms. The van der Waals surface area contributed by atoms with Crippen molar-refractivity contribution in [1.29, 1.82) is 0 Å². The van der Waals surface area contributed by atoms with E-state index in [0.717, 1.165) is 16.8 Å². The number of benzene rings is 2. The number of carbonyl (C=O) groups excluding carboxylic acids is 1. The predicted octanol–water partition coefficient (Wildman–Crippen LogP) is 2.86. The normalized spacial score (nSPS) is 11.2. The maximum Gasteiger partial charge on any atom is 0.240 e. The van der Waals surface area contributed by atoms with Crippen LogP contribution < -0.4 is 10.0 Å².